The molecule has 0 saturated heterocycles. The van der Waals surface area contributed by atoms with Gasteiger partial charge in [0.25, 0.3) is 11.6 Å². The number of carbonyl (C=O) groups is 2. The van der Waals surface area contributed by atoms with Crippen LogP contribution in [0.1, 0.15) is 40.8 Å². The Labute approximate surface area is 210 Å². The lowest BCUT2D eigenvalue weighted by atomic mass is 10.1. The van der Waals surface area contributed by atoms with Gasteiger partial charge in [-0.2, -0.15) is 0 Å². The first-order valence-electron chi connectivity index (χ1n) is 11.9. The maximum absolute atomic E-state index is 13.5. The van der Waals surface area contributed by atoms with Gasteiger partial charge in [0.2, 0.25) is 5.91 Å². The van der Waals surface area contributed by atoms with Crippen LogP contribution in [0.4, 0.5) is 5.69 Å². The number of nitro groups is 1. The molecular weight excluding hydrogens is 462 g/mol. The zero-order chi connectivity index (χ0) is 25.9. The molecule has 190 valence electrons. The smallest absolute Gasteiger partial charge is 0.269 e. The van der Waals surface area contributed by atoms with Gasteiger partial charge in [0.05, 0.1) is 11.5 Å². The van der Waals surface area contributed by atoms with Crippen molar-refractivity contribution in [2.24, 2.45) is 0 Å². The average molecular weight is 494 g/mol. The van der Waals surface area contributed by atoms with Crippen molar-refractivity contribution in [3.05, 3.63) is 99.5 Å². The maximum Gasteiger partial charge on any atom is 0.269 e. The lowest BCUT2D eigenvalue weighted by molar-refractivity contribution is -0.384. The quantitative estimate of drug-likeness (QED) is 0.196. The summed E-state index contributed by atoms with van der Waals surface area (Å²) in [4.78, 5) is 40.4. The zero-order valence-electron chi connectivity index (χ0n) is 20.6. The van der Waals surface area contributed by atoms with Crippen molar-refractivity contribution in [3.8, 4) is 0 Å². The first-order valence-corrected chi connectivity index (χ1v) is 11.9. The number of rotatable bonds is 13. The monoisotopic (exact) mass is 493 g/mol. The van der Waals surface area contributed by atoms with Gasteiger partial charge in [0, 0.05) is 44.0 Å². The van der Waals surface area contributed by atoms with E-state index in [1.807, 2.05) is 56.3 Å². The summed E-state index contributed by atoms with van der Waals surface area (Å²) in [6, 6.07) is 18.7. The summed E-state index contributed by atoms with van der Waals surface area (Å²) >= 11 is 0. The molecule has 3 rings (SSSR count). The molecule has 0 aliphatic heterocycles. The number of furan rings is 1. The van der Waals surface area contributed by atoms with Crippen LogP contribution in [0.5, 0.6) is 0 Å². The molecule has 0 bridgehead atoms. The van der Waals surface area contributed by atoms with Crippen LogP contribution in [0, 0.1) is 17.0 Å². The molecule has 0 aliphatic rings. The molecule has 9 nitrogen and oxygen atoms in total. The van der Waals surface area contributed by atoms with E-state index < -0.39 is 4.92 Å². The highest BCUT2D eigenvalue weighted by Gasteiger charge is 2.24. The Kier molecular flexibility index (Phi) is 9.76. The van der Waals surface area contributed by atoms with E-state index in [0.29, 0.717) is 38.5 Å². The van der Waals surface area contributed by atoms with Crippen LogP contribution in [0.15, 0.2) is 71.1 Å². The van der Waals surface area contributed by atoms with E-state index >= 15 is 0 Å². The van der Waals surface area contributed by atoms with Crippen molar-refractivity contribution in [2.45, 2.75) is 33.4 Å². The Bertz CT molecular complexity index is 1140. The molecule has 0 saturated carbocycles. The first kappa shape index (κ1) is 26.6. The summed E-state index contributed by atoms with van der Waals surface area (Å²) in [6.45, 7) is 5.53. The third kappa shape index (κ3) is 7.78. The molecular formula is C27H31N3O6. The fourth-order valence-corrected chi connectivity index (χ4v) is 3.72. The summed E-state index contributed by atoms with van der Waals surface area (Å²) < 4.78 is 11.1. The highest BCUT2D eigenvalue weighted by Crippen LogP contribution is 2.16. The molecule has 36 heavy (non-hydrogen) atoms. The number of ether oxygens (including phenoxy) is 1. The van der Waals surface area contributed by atoms with Gasteiger partial charge in [-0.3, -0.25) is 19.7 Å². The molecule has 0 fully saturated rings. The number of benzene rings is 2. The summed E-state index contributed by atoms with van der Waals surface area (Å²) in [5.74, 6) is 0.798. The molecule has 2 aromatic carbocycles. The Balaban J connectivity index is 1.80. The summed E-state index contributed by atoms with van der Waals surface area (Å²) in [5, 5.41) is 11.0. The van der Waals surface area contributed by atoms with Crippen molar-refractivity contribution < 1.29 is 23.7 Å². The second-order valence-corrected chi connectivity index (χ2v) is 8.33. The number of nitro benzene ring substituents is 1. The molecule has 9 heteroatoms. The number of hydrogen-bond donors (Lipinski definition) is 0. The third-order valence-corrected chi connectivity index (χ3v) is 5.57. The number of carbonyl (C=O) groups excluding carboxylic acids is 2. The zero-order valence-corrected chi connectivity index (χ0v) is 20.6. The van der Waals surface area contributed by atoms with Gasteiger partial charge < -0.3 is 19.0 Å². The third-order valence-electron chi connectivity index (χ3n) is 5.57. The SMILES string of the molecule is CCOCCCN(CC(=O)N(Cc1ccccc1)Cc1ccc(C)o1)C(=O)c1ccc([N+](=O)[O-])cc1. The van der Waals surface area contributed by atoms with Gasteiger partial charge in [0.15, 0.2) is 0 Å². The molecule has 0 spiro atoms. The predicted octanol–water partition coefficient (Wildman–Crippen LogP) is 4.59. The van der Waals surface area contributed by atoms with Crippen LogP contribution < -0.4 is 0 Å². The first-order chi connectivity index (χ1) is 17.4. The standard InChI is InChI=1S/C27H31N3O6/c1-3-35-17-7-16-28(27(32)23-11-13-24(14-12-23)30(33)34)20-26(31)29(18-22-8-5-4-6-9-22)19-25-15-10-21(2)36-25/h4-6,8-15H,3,7,16-20H2,1-2H3. The molecule has 3 aromatic rings. The van der Waals surface area contributed by atoms with E-state index in [1.54, 1.807) is 4.90 Å². The minimum absolute atomic E-state index is 0.103. The van der Waals surface area contributed by atoms with E-state index in [9.17, 15) is 19.7 Å². The molecule has 0 atom stereocenters. The lowest BCUT2D eigenvalue weighted by Crippen LogP contribution is -2.43. The topological polar surface area (TPSA) is 106 Å². The largest absolute Gasteiger partial charge is 0.464 e. The molecule has 2 amide bonds. The Morgan fingerprint density at radius 1 is 0.972 bits per heavy atom. The molecule has 0 aliphatic carbocycles. The van der Waals surface area contributed by atoms with Gasteiger partial charge in [-0.05, 0) is 50.1 Å². The van der Waals surface area contributed by atoms with Gasteiger partial charge in [-0.1, -0.05) is 30.3 Å². The Morgan fingerprint density at radius 2 is 1.69 bits per heavy atom. The number of amides is 2. The summed E-state index contributed by atoms with van der Waals surface area (Å²) in [7, 11) is 0. The Morgan fingerprint density at radius 3 is 2.31 bits per heavy atom. The van der Waals surface area contributed by atoms with E-state index in [4.69, 9.17) is 9.15 Å². The van der Waals surface area contributed by atoms with Crippen LogP contribution in [0.25, 0.3) is 0 Å². The fourth-order valence-electron chi connectivity index (χ4n) is 3.72. The van der Waals surface area contributed by atoms with Crippen LogP contribution in [0.2, 0.25) is 0 Å². The molecule has 0 N–H and O–H groups in total. The number of aryl methyl sites for hydroxylation is 1. The highest BCUT2D eigenvalue weighted by molar-refractivity contribution is 5.96. The van der Waals surface area contributed by atoms with E-state index in [2.05, 4.69) is 0 Å². The van der Waals surface area contributed by atoms with Crippen LogP contribution in [0.3, 0.4) is 0 Å². The second kappa shape index (κ2) is 13.2. The maximum atomic E-state index is 13.5. The predicted molar refractivity (Wildman–Crippen MR) is 134 cm³/mol. The lowest BCUT2D eigenvalue weighted by Gasteiger charge is -2.27. The van der Waals surface area contributed by atoms with Crippen LogP contribution >= 0.6 is 0 Å². The number of hydrogen-bond acceptors (Lipinski definition) is 6. The second-order valence-electron chi connectivity index (χ2n) is 8.33. The molecule has 1 heterocycles. The minimum atomic E-state index is -0.518. The molecule has 1 aromatic heterocycles. The number of nitrogens with zero attached hydrogens (tertiary/aromatic N) is 3. The summed E-state index contributed by atoms with van der Waals surface area (Å²) in [6.07, 6.45) is 0.551. The van der Waals surface area contributed by atoms with Crippen LogP contribution in [-0.2, 0) is 22.6 Å². The van der Waals surface area contributed by atoms with Crippen molar-refractivity contribution in [2.75, 3.05) is 26.3 Å². The van der Waals surface area contributed by atoms with Crippen LogP contribution in [-0.4, -0.2) is 52.8 Å². The normalized spacial score (nSPS) is 10.7. The van der Waals surface area contributed by atoms with Gasteiger partial charge in [-0.15, -0.1) is 0 Å². The van der Waals surface area contributed by atoms with Gasteiger partial charge >= 0.3 is 0 Å². The highest BCUT2D eigenvalue weighted by atomic mass is 16.6. The van der Waals surface area contributed by atoms with E-state index in [-0.39, 0.29) is 36.2 Å². The average Bonchev–Trinajstić information content (AvgIpc) is 3.30. The fraction of sp³-hybridized carbons (Fsp3) is 0.333. The summed E-state index contributed by atoms with van der Waals surface area (Å²) in [5.41, 5.74) is 1.13. The van der Waals surface area contributed by atoms with Gasteiger partial charge in [-0.25, -0.2) is 0 Å². The molecule has 0 radical (unpaired) electrons. The molecule has 0 unspecified atom stereocenters. The van der Waals surface area contributed by atoms with E-state index in [1.165, 1.54) is 29.2 Å². The van der Waals surface area contributed by atoms with Crippen molar-refractivity contribution in [1.82, 2.24) is 9.80 Å². The van der Waals surface area contributed by atoms with Crippen molar-refractivity contribution in [1.29, 1.82) is 0 Å². The van der Waals surface area contributed by atoms with E-state index in [0.717, 1.165) is 11.3 Å². The van der Waals surface area contributed by atoms with Crippen molar-refractivity contribution in [3.63, 3.8) is 0 Å². The number of non-ortho nitro benzene ring substituents is 1. The van der Waals surface area contributed by atoms with Crippen molar-refractivity contribution >= 4 is 17.5 Å². The Hall–Kier alpha value is -3.98. The van der Waals surface area contributed by atoms with Gasteiger partial charge in [0.1, 0.15) is 18.1 Å². The minimum Gasteiger partial charge on any atom is -0.464 e.